The van der Waals surface area contributed by atoms with Gasteiger partial charge in [-0.15, -0.1) is 22.9 Å². The van der Waals surface area contributed by atoms with Gasteiger partial charge in [-0.3, -0.25) is 0 Å². The molecule has 0 aliphatic heterocycles. The fraction of sp³-hybridized carbons (Fsp3) is 0.133. The molecule has 0 saturated heterocycles. The van der Waals surface area contributed by atoms with E-state index in [1.54, 1.807) is 11.3 Å². The highest BCUT2D eigenvalue weighted by Crippen LogP contribution is 2.23. The normalized spacial score (nSPS) is 10.8. The Morgan fingerprint density at radius 3 is 2.84 bits per heavy atom. The summed E-state index contributed by atoms with van der Waals surface area (Å²) in [4.78, 5) is 4.54. The first-order chi connectivity index (χ1) is 9.35. The number of fused-ring (bicyclic) bond motifs is 1. The van der Waals surface area contributed by atoms with Crippen LogP contribution in [-0.2, 0) is 12.5 Å². The maximum atomic E-state index is 5.80. The van der Waals surface area contributed by atoms with Gasteiger partial charge in [-0.05, 0) is 29.8 Å². The first-order valence-electron chi connectivity index (χ1n) is 5.97. The van der Waals surface area contributed by atoms with Crippen molar-refractivity contribution in [2.45, 2.75) is 12.5 Å². The average molecular weight is 290 g/mol. The topological polar surface area (TPSA) is 22.1 Å². The van der Waals surface area contributed by atoms with E-state index in [9.17, 15) is 0 Å². The molecular weight excluding hydrogens is 278 g/mol. The number of hydrogen-bond donors (Lipinski definition) is 0. The van der Waals surface area contributed by atoms with E-state index >= 15 is 0 Å². The minimum Gasteiger partial charge on any atom is -0.486 e. The lowest BCUT2D eigenvalue weighted by Gasteiger charge is -2.04. The molecule has 3 aromatic rings. The number of halogens is 1. The van der Waals surface area contributed by atoms with E-state index in [2.05, 4.69) is 11.1 Å². The van der Waals surface area contributed by atoms with Gasteiger partial charge in [0, 0.05) is 5.88 Å². The van der Waals surface area contributed by atoms with E-state index in [1.165, 1.54) is 4.70 Å². The predicted molar refractivity (Wildman–Crippen MR) is 80.0 cm³/mol. The monoisotopic (exact) mass is 289 g/mol. The molecule has 0 amide bonds. The van der Waals surface area contributed by atoms with Gasteiger partial charge in [0.15, 0.2) is 0 Å². The van der Waals surface area contributed by atoms with Crippen molar-refractivity contribution in [2.24, 2.45) is 0 Å². The summed E-state index contributed by atoms with van der Waals surface area (Å²) in [5.74, 6) is 1.33. The highest BCUT2D eigenvalue weighted by molar-refractivity contribution is 7.18. The molecular formula is C15H12ClNOS. The van der Waals surface area contributed by atoms with E-state index in [0.717, 1.165) is 21.8 Å². The lowest BCUT2D eigenvalue weighted by atomic mass is 10.2. The Hall–Kier alpha value is -1.58. The molecule has 0 N–H and O–H groups in total. The number of thiazole rings is 1. The van der Waals surface area contributed by atoms with Crippen molar-refractivity contribution in [3.63, 3.8) is 0 Å². The molecule has 0 aliphatic carbocycles. The molecule has 0 aliphatic rings. The number of benzene rings is 2. The first-order valence-corrected chi connectivity index (χ1v) is 7.32. The Bertz CT molecular complexity index is 662. The molecule has 1 aromatic heterocycles. The van der Waals surface area contributed by atoms with Crippen LogP contribution in [0.1, 0.15) is 10.6 Å². The van der Waals surface area contributed by atoms with Crippen LogP contribution >= 0.6 is 22.9 Å². The maximum absolute atomic E-state index is 5.80. The molecule has 0 unspecified atom stereocenters. The lowest BCUT2D eigenvalue weighted by molar-refractivity contribution is 0.305. The molecule has 3 rings (SSSR count). The Kier molecular flexibility index (Phi) is 3.67. The van der Waals surface area contributed by atoms with Crippen LogP contribution in [0.15, 0.2) is 48.5 Å². The Balaban J connectivity index is 1.74. The van der Waals surface area contributed by atoms with Gasteiger partial charge >= 0.3 is 0 Å². The molecule has 2 nitrogen and oxygen atoms in total. The van der Waals surface area contributed by atoms with Crippen molar-refractivity contribution in [2.75, 3.05) is 0 Å². The van der Waals surface area contributed by atoms with Crippen LogP contribution in [0.25, 0.3) is 10.2 Å². The largest absolute Gasteiger partial charge is 0.486 e. The van der Waals surface area contributed by atoms with Crippen molar-refractivity contribution in [1.82, 2.24) is 4.98 Å². The summed E-state index contributed by atoms with van der Waals surface area (Å²) in [7, 11) is 0. The minimum absolute atomic E-state index is 0.491. The van der Waals surface area contributed by atoms with E-state index in [1.807, 2.05) is 42.5 Å². The molecule has 0 radical (unpaired) electrons. The Labute approximate surface area is 120 Å². The van der Waals surface area contributed by atoms with Gasteiger partial charge in [-0.2, -0.15) is 0 Å². The quantitative estimate of drug-likeness (QED) is 0.654. The zero-order chi connectivity index (χ0) is 13.1. The fourth-order valence-electron chi connectivity index (χ4n) is 1.85. The number of rotatable bonds is 4. The second kappa shape index (κ2) is 5.59. The third kappa shape index (κ3) is 2.88. The van der Waals surface area contributed by atoms with Crippen molar-refractivity contribution < 1.29 is 4.74 Å². The molecule has 19 heavy (non-hydrogen) atoms. The summed E-state index contributed by atoms with van der Waals surface area (Å²) in [6, 6.07) is 15.9. The standard InChI is InChI=1S/C15H12ClNOS/c16-9-11-4-3-5-12(8-11)18-10-15-17-13-6-1-2-7-14(13)19-15/h1-8H,9-10H2. The third-order valence-corrected chi connectivity index (χ3v) is 4.07. The second-order valence-corrected chi connectivity index (χ2v) is 5.53. The van der Waals surface area contributed by atoms with Gasteiger partial charge in [0.2, 0.25) is 0 Å². The number of hydrogen-bond acceptors (Lipinski definition) is 3. The summed E-state index contributed by atoms with van der Waals surface area (Å²) in [5.41, 5.74) is 2.09. The first kappa shape index (κ1) is 12.5. The van der Waals surface area contributed by atoms with Gasteiger partial charge in [0.05, 0.1) is 10.2 Å². The van der Waals surface area contributed by atoms with E-state index in [-0.39, 0.29) is 0 Å². The van der Waals surface area contributed by atoms with Crippen molar-refractivity contribution in [1.29, 1.82) is 0 Å². The van der Waals surface area contributed by atoms with Crippen molar-refractivity contribution in [3.05, 3.63) is 59.1 Å². The van der Waals surface area contributed by atoms with E-state index in [0.29, 0.717) is 12.5 Å². The summed E-state index contributed by atoms with van der Waals surface area (Å²) in [6.07, 6.45) is 0. The molecule has 0 bridgehead atoms. The summed E-state index contributed by atoms with van der Waals surface area (Å²) < 4.78 is 6.94. The zero-order valence-electron chi connectivity index (χ0n) is 10.2. The zero-order valence-corrected chi connectivity index (χ0v) is 11.7. The smallest absolute Gasteiger partial charge is 0.140 e. The lowest BCUT2D eigenvalue weighted by Crippen LogP contribution is -1.94. The van der Waals surface area contributed by atoms with Crippen LogP contribution in [0.4, 0.5) is 0 Å². The van der Waals surface area contributed by atoms with E-state index in [4.69, 9.17) is 16.3 Å². The van der Waals surface area contributed by atoms with Crippen LogP contribution in [0.2, 0.25) is 0 Å². The predicted octanol–water partition coefficient (Wildman–Crippen LogP) is 4.61. The number of nitrogens with zero attached hydrogens (tertiary/aromatic N) is 1. The van der Waals surface area contributed by atoms with Crippen LogP contribution in [-0.4, -0.2) is 4.98 Å². The summed E-state index contributed by atoms with van der Waals surface area (Å²) in [5, 5.41) is 0.984. The third-order valence-electron chi connectivity index (χ3n) is 2.75. The van der Waals surface area contributed by atoms with Crippen LogP contribution in [0.3, 0.4) is 0 Å². The molecule has 96 valence electrons. The van der Waals surface area contributed by atoms with Crippen LogP contribution in [0.5, 0.6) is 5.75 Å². The van der Waals surface area contributed by atoms with E-state index < -0.39 is 0 Å². The molecule has 4 heteroatoms. The Morgan fingerprint density at radius 1 is 1.11 bits per heavy atom. The second-order valence-electron chi connectivity index (χ2n) is 4.15. The summed E-state index contributed by atoms with van der Waals surface area (Å²) in [6.45, 7) is 0.491. The Morgan fingerprint density at radius 2 is 2.00 bits per heavy atom. The van der Waals surface area contributed by atoms with Gasteiger partial charge in [0.25, 0.3) is 0 Å². The van der Waals surface area contributed by atoms with Gasteiger partial charge < -0.3 is 4.74 Å². The molecule has 0 saturated carbocycles. The number of para-hydroxylation sites is 1. The molecule has 1 heterocycles. The number of ether oxygens (including phenoxy) is 1. The molecule has 2 aromatic carbocycles. The molecule has 0 spiro atoms. The highest BCUT2D eigenvalue weighted by atomic mass is 35.5. The van der Waals surface area contributed by atoms with Crippen molar-refractivity contribution in [3.8, 4) is 5.75 Å². The fourth-order valence-corrected chi connectivity index (χ4v) is 2.89. The van der Waals surface area contributed by atoms with Gasteiger partial charge in [0.1, 0.15) is 17.4 Å². The van der Waals surface area contributed by atoms with Gasteiger partial charge in [-0.25, -0.2) is 4.98 Å². The van der Waals surface area contributed by atoms with Gasteiger partial charge in [-0.1, -0.05) is 24.3 Å². The molecule has 0 atom stereocenters. The number of alkyl halides is 1. The highest BCUT2D eigenvalue weighted by Gasteiger charge is 2.04. The number of aromatic nitrogens is 1. The van der Waals surface area contributed by atoms with Crippen LogP contribution < -0.4 is 4.74 Å². The summed E-state index contributed by atoms with van der Waals surface area (Å²) >= 11 is 7.47. The average Bonchev–Trinajstić information content (AvgIpc) is 2.88. The maximum Gasteiger partial charge on any atom is 0.140 e. The molecule has 0 fully saturated rings. The van der Waals surface area contributed by atoms with Crippen LogP contribution in [0, 0.1) is 0 Å². The SMILES string of the molecule is ClCc1cccc(OCc2nc3ccccc3s2)c1. The van der Waals surface area contributed by atoms with Crippen molar-refractivity contribution >= 4 is 33.2 Å². The minimum atomic E-state index is 0.491.